The van der Waals surface area contributed by atoms with Gasteiger partial charge in [0.25, 0.3) is 11.7 Å². The molecule has 136 valence electrons. The summed E-state index contributed by atoms with van der Waals surface area (Å²) in [6.45, 7) is 0. The molecule has 8 nitrogen and oxygen atoms in total. The van der Waals surface area contributed by atoms with Gasteiger partial charge in [0.2, 0.25) is 0 Å². The molecule has 1 N–H and O–H groups in total. The maximum Gasteiger partial charge on any atom is 0.274 e. The van der Waals surface area contributed by atoms with E-state index in [2.05, 4.69) is 15.4 Å². The smallest absolute Gasteiger partial charge is 0.274 e. The lowest BCUT2D eigenvalue weighted by Gasteiger charge is -2.07. The molecule has 1 amide bonds. The number of pyridine rings is 1. The number of aromatic nitrogens is 4. The molecule has 0 aliphatic heterocycles. The molecule has 3 heterocycles. The van der Waals surface area contributed by atoms with E-state index < -0.39 is 11.7 Å². The van der Waals surface area contributed by atoms with Gasteiger partial charge in [-0.15, -0.1) is 0 Å². The molecule has 28 heavy (non-hydrogen) atoms. The number of nitrogens with one attached hydrogen (secondary N) is 1. The van der Waals surface area contributed by atoms with Crippen molar-refractivity contribution in [3.8, 4) is 17.3 Å². The third-order valence-corrected chi connectivity index (χ3v) is 4.29. The van der Waals surface area contributed by atoms with Crippen LogP contribution in [0, 0.1) is 11.3 Å². The van der Waals surface area contributed by atoms with Crippen molar-refractivity contribution in [2.24, 2.45) is 7.05 Å². The molecule has 8 heteroatoms. The van der Waals surface area contributed by atoms with Crippen molar-refractivity contribution in [3.63, 3.8) is 0 Å². The Morgan fingerprint density at radius 2 is 1.96 bits per heavy atom. The summed E-state index contributed by atoms with van der Waals surface area (Å²) in [6, 6.07) is 14.7. The van der Waals surface area contributed by atoms with Crippen LogP contribution in [-0.2, 0) is 7.05 Å². The van der Waals surface area contributed by atoms with Gasteiger partial charge in [-0.3, -0.25) is 14.3 Å². The zero-order valence-electron chi connectivity index (χ0n) is 14.8. The number of hydrogen-bond donors (Lipinski definition) is 1. The predicted octanol–water partition coefficient (Wildman–Crippen LogP) is 2.69. The number of aryl methyl sites for hydroxylation is 1. The Morgan fingerprint density at radius 3 is 2.71 bits per heavy atom. The molecule has 0 unspecified atom stereocenters. The lowest BCUT2D eigenvalue weighted by molar-refractivity contribution is 0.0995. The van der Waals surface area contributed by atoms with Crippen molar-refractivity contribution in [1.29, 1.82) is 5.26 Å². The average Bonchev–Trinajstić information content (AvgIpc) is 3.31. The van der Waals surface area contributed by atoms with Crippen LogP contribution in [0.1, 0.15) is 20.8 Å². The number of carbonyl (C=O) groups is 2. The first-order valence-electron chi connectivity index (χ1n) is 8.39. The molecule has 0 atom stereocenters. The van der Waals surface area contributed by atoms with Crippen molar-refractivity contribution in [1.82, 2.24) is 19.2 Å². The molecule has 4 aromatic rings. The van der Waals surface area contributed by atoms with Crippen molar-refractivity contribution in [2.45, 2.75) is 0 Å². The number of nitriles is 1. The van der Waals surface area contributed by atoms with E-state index in [0.717, 1.165) is 11.3 Å². The zero-order valence-corrected chi connectivity index (χ0v) is 14.8. The van der Waals surface area contributed by atoms with Crippen LogP contribution in [0.15, 0.2) is 61.1 Å². The van der Waals surface area contributed by atoms with Crippen LogP contribution in [-0.4, -0.2) is 30.9 Å². The van der Waals surface area contributed by atoms with E-state index in [4.69, 9.17) is 5.26 Å². The minimum atomic E-state index is -0.811. The van der Waals surface area contributed by atoms with Gasteiger partial charge in [-0.1, -0.05) is 30.3 Å². The lowest BCUT2D eigenvalue weighted by Crippen LogP contribution is -2.19. The van der Waals surface area contributed by atoms with Gasteiger partial charge in [-0.05, 0) is 6.07 Å². The van der Waals surface area contributed by atoms with E-state index in [1.165, 1.54) is 24.0 Å². The zero-order chi connectivity index (χ0) is 19.7. The molecular formula is C20H14N6O2. The van der Waals surface area contributed by atoms with Gasteiger partial charge in [0, 0.05) is 36.8 Å². The predicted molar refractivity (Wildman–Crippen MR) is 102 cm³/mol. The van der Waals surface area contributed by atoms with Gasteiger partial charge in [-0.2, -0.15) is 10.4 Å². The van der Waals surface area contributed by atoms with Crippen molar-refractivity contribution >= 4 is 23.0 Å². The van der Waals surface area contributed by atoms with E-state index in [-0.39, 0.29) is 11.3 Å². The number of carbonyl (C=O) groups excluding carboxylic acids is 2. The molecule has 0 saturated carbocycles. The van der Waals surface area contributed by atoms with E-state index in [1.54, 1.807) is 18.3 Å². The third-order valence-electron chi connectivity index (χ3n) is 4.29. The number of rotatable bonds is 4. The minimum Gasteiger partial charge on any atom is -0.320 e. The molecule has 0 radical (unpaired) electrons. The fourth-order valence-corrected chi connectivity index (χ4v) is 2.93. The van der Waals surface area contributed by atoms with Gasteiger partial charge < -0.3 is 9.72 Å². The van der Waals surface area contributed by atoms with Crippen LogP contribution in [0.25, 0.3) is 16.9 Å². The summed E-state index contributed by atoms with van der Waals surface area (Å²) in [5.74, 6) is -1.34. The summed E-state index contributed by atoms with van der Waals surface area (Å²) in [7, 11) is 1.53. The van der Waals surface area contributed by atoms with E-state index in [1.807, 2.05) is 40.9 Å². The molecule has 0 aliphatic rings. The molecule has 0 spiro atoms. The Bertz CT molecular complexity index is 1250. The fraction of sp³-hybridized carbons (Fsp3) is 0.0500. The van der Waals surface area contributed by atoms with Gasteiger partial charge in [0.1, 0.15) is 17.4 Å². The molecule has 3 aromatic heterocycles. The lowest BCUT2D eigenvalue weighted by atomic mass is 10.1. The SMILES string of the molecule is Cn1ncc(C(=O)C#N)c1C(=O)Nc1ccn2cc(-c3ccccc3)nc2c1. The highest BCUT2D eigenvalue weighted by Gasteiger charge is 2.22. The summed E-state index contributed by atoms with van der Waals surface area (Å²) in [5.41, 5.74) is 2.98. The first-order chi connectivity index (χ1) is 13.6. The highest BCUT2D eigenvalue weighted by atomic mass is 16.2. The Morgan fingerprint density at radius 1 is 1.18 bits per heavy atom. The highest BCUT2D eigenvalue weighted by molar-refractivity contribution is 6.16. The molecule has 0 bridgehead atoms. The topological polar surface area (TPSA) is 105 Å². The Labute approximate surface area is 159 Å². The number of nitrogens with zero attached hydrogens (tertiary/aromatic N) is 5. The van der Waals surface area contributed by atoms with E-state index in [9.17, 15) is 9.59 Å². The van der Waals surface area contributed by atoms with Crippen LogP contribution in [0.5, 0.6) is 0 Å². The third kappa shape index (κ3) is 3.01. The summed E-state index contributed by atoms with van der Waals surface area (Å²) in [6.07, 6.45) is 4.90. The second-order valence-corrected chi connectivity index (χ2v) is 6.10. The summed E-state index contributed by atoms with van der Waals surface area (Å²) in [5, 5.41) is 15.5. The highest BCUT2D eigenvalue weighted by Crippen LogP contribution is 2.21. The van der Waals surface area contributed by atoms with Crippen LogP contribution in [0.2, 0.25) is 0 Å². The Balaban J connectivity index is 1.64. The normalized spacial score (nSPS) is 10.6. The van der Waals surface area contributed by atoms with Gasteiger partial charge in [0.05, 0.1) is 17.5 Å². The van der Waals surface area contributed by atoms with Crippen LogP contribution in [0.4, 0.5) is 5.69 Å². The number of Topliss-reactive ketones (excluding diaryl/α,β-unsaturated/α-hetero) is 1. The molecular weight excluding hydrogens is 356 g/mol. The van der Waals surface area contributed by atoms with Gasteiger partial charge in [0.15, 0.2) is 0 Å². The number of fused-ring (bicyclic) bond motifs is 1. The van der Waals surface area contributed by atoms with Crippen LogP contribution >= 0.6 is 0 Å². The number of anilines is 1. The number of amides is 1. The maximum atomic E-state index is 12.6. The molecule has 0 fully saturated rings. The molecule has 4 rings (SSSR count). The Hall–Kier alpha value is -4.25. The van der Waals surface area contributed by atoms with Gasteiger partial charge >= 0.3 is 0 Å². The summed E-state index contributed by atoms with van der Waals surface area (Å²) >= 11 is 0. The largest absolute Gasteiger partial charge is 0.320 e. The average molecular weight is 370 g/mol. The van der Waals surface area contributed by atoms with Crippen LogP contribution in [0.3, 0.4) is 0 Å². The van der Waals surface area contributed by atoms with Crippen LogP contribution < -0.4 is 5.32 Å². The second kappa shape index (κ2) is 6.81. The monoisotopic (exact) mass is 370 g/mol. The fourth-order valence-electron chi connectivity index (χ4n) is 2.93. The molecule has 0 saturated heterocycles. The number of benzene rings is 1. The number of hydrogen-bond acceptors (Lipinski definition) is 5. The van der Waals surface area contributed by atoms with Gasteiger partial charge in [-0.25, -0.2) is 4.98 Å². The van der Waals surface area contributed by atoms with E-state index in [0.29, 0.717) is 11.3 Å². The second-order valence-electron chi connectivity index (χ2n) is 6.10. The molecule has 1 aromatic carbocycles. The van der Waals surface area contributed by atoms with Crippen molar-refractivity contribution < 1.29 is 9.59 Å². The standard InChI is InChI=1S/C20H14N6O2/c1-25-19(15(11-22-25)17(27)10-21)20(28)23-14-7-8-26-12-16(24-18(26)9-14)13-5-3-2-4-6-13/h2-9,11-12H,1H3,(H,23,28). The minimum absolute atomic E-state index is 0.0275. The number of imidazole rings is 1. The van der Waals surface area contributed by atoms with Crippen molar-refractivity contribution in [3.05, 3.63) is 72.3 Å². The van der Waals surface area contributed by atoms with Crippen molar-refractivity contribution in [2.75, 3.05) is 5.32 Å². The Kier molecular flexibility index (Phi) is 4.18. The quantitative estimate of drug-likeness (QED) is 0.439. The summed E-state index contributed by atoms with van der Waals surface area (Å²) < 4.78 is 3.12. The number of ketones is 1. The van der Waals surface area contributed by atoms with E-state index >= 15 is 0 Å². The first kappa shape index (κ1) is 17.2. The summed E-state index contributed by atoms with van der Waals surface area (Å²) in [4.78, 5) is 28.9. The first-order valence-corrected chi connectivity index (χ1v) is 8.39. The maximum absolute atomic E-state index is 12.6. The molecule has 0 aliphatic carbocycles.